The van der Waals surface area contributed by atoms with E-state index in [4.69, 9.17) is 23.2 Å². The Morgan fingerprint density at radius 2 is 1.90 bits per heavy atom. The van der Waals surface area contributed by atoms with Gasteiger partial charge in [0.1, 0.15) is 0 Å². The Kier molecular flexibility index (Phi) is 5.84. The van der Waals surface area contributed by atoms with E-state index in [0.717, 1.165) is 24.9 Å². The second-order valence-electron chi connectivity index (χ2n) is 4.65. The number of aromatic nitrogens is 1. The molecule has 1 atom stereocenters. The van der Waals surface area contributed by atoms with Gasteiger partial charge in [0.2, 0.25) is 0 Å². The molecule has 0 bridgehead atoms. The molecular weight excluding hydrogens is 291 g/mol. The topological polar surface area (TPSA) is 24.9 Å². The number of benzene rings is 1. The predicted molar refractivity (Wildman–Crippen MR) is 85.4 cm³/mol. The molecule has 20 heavy (non-hydrogen) atoms. The number of nitrogens with one attached hydrogen (secondary N) is 1. The van der Waals surface area contributed by atoms with Crippen LogP contribution in [0.25, 0.3) is 0 Å². The summed E-state index contributed by atoms with van der Waals surface area (Å²) in [6.45, 7) is 2.99. The number of rotatable bonds is 6. The summed E-state index contributed by atoms with van der Waals surface area (Å²) in [5, 5.41) is 4.73. The average molecular weight is 309 g/mol. The van der Waals surface area contributed by atoms with Gasteiger partial charge in [-0.3, -0.25) is 4.98 Å². The summed E-state index contributed by atoms with van der Waals surface area (Å²) < 4.78 is 0. The predicted octanol–water partition coefficient (Wildman–Crippen LogP) is 4.67. The fourth-order valence-corrected chi connectivity index (χ4v) is 2.70. The standard InChI is InChI=1S/C16H18Cl2N2/c1-2-20-15(7-6-12-8-10-19-11-9-12)13-4-3-5-14(17)16(13)18/h3-5,8-11,15,20H,2,6-7H2,1H3. The third kappa shape index (κ3) is 3.95. The Balaban J connectivity index is 2.12. The van der Waals surface area contributed by atoms with Gasteiger partial charge in [-0.2, -0.15) is 0 Å². The minimum atomic E-state index is 0.208. The van der Waals surface area contributed by atoms with Gasteiger partial charge in [0.15, 0.2) is 0 Å². The number of nitrogens with zero attached hydrogens (tertiary/aromatic N) is 1. The molecule has 0 amide bonds. The largest absolute Gasteiger partial charge is 0.310 e. The van der Waals surface area contributed by atoms with Gasteiger partial charge in [-0.1, -0.05) is 42.3 Å². The van der Waals surface area contributed by atoms with Crippen molar-refractivity contribution in [3.63, 3.8) is 0 Å². The van der Waals surface area contributed by atoms with E-state index >= 15 is 0 Å². The first-order chi connectivity index (χ1) is 9.72. The van der Waals surface area contributed by atoms with Crippen molar-refractivity contribution in [3.05, 3.63) is 63.9 Å². The maximum absolute atomic E-state index is 6.32. The molecule has 0 radical (unpaired) electrons. The molecule has 1 N–H and O–H groups in total. The normalized spacial score (nSPS) is 12.3. The fourth-order valence-electron chi connectivity index (χ4n) is 2.26. The van der Waals surface area contributed by atoms with Crippen LogP contribution in [0.5, 0.6) is 0 Å². The lowest BCUT2D eigenvalue weighted by Gasteiger charge is -2.20. The van der Waals surface area contributed by atoms with Crippen LogP contribution in [0.4, 0.5) is 0 Å². The van der Waals surface area contributed by atoms with E-state index in [-0.39, 0.29) is 6.04 Å². The number of halogens is 2. The maximum Gasteiger partial charge on any atom is 0.0640 e. The van der Waals surface area contributed by atoms with Gasteiger partial charge in [-0.15, -0.1) is 0 Å². The molecule has 106 valence electrons. The van der Waals surface area contributed by atoms with Crippen molar-refractivity contribution in [1.82, 2.24) is 10.3 Å². The SMILES string of the molecule is CCNC(CCc1ccncc1)c1cccc(Cl)c1Cl. The molecule has 1 unspecified atom stereocenters. The maximum atomic E-state index is 6.32. The van der Waals surface area contributed by atoms with E-state index in [1.54, 1.807) is 0 Å². The van der Waals surface area contributed by atoms with Gasteiger partial charge in [-0.25, -0.2) is 0 Å². The van der Waals surface area contributed by atoms with E-state index < -0.39 is 0 Å². The van der Waals surface area contributed by atoms with Gasteiger partial charge in [0.05, 0.1) is 10.0 Å². The van der Waals surface area contributed by atoms with Crippen LogP contribution in [-0.4, -0.2) is 11.5 Å². The van der Waals surface area contributed by atoms with Gasteiger partial charge < -0.3 is 5.32 Å². The van der Waals surface area contributed by atoms with Crippen molar-refractivity contribution in [2.45, 2.75) is 25.8 Å². The zero-order valence-electron chi connectivity index (χ0n) is 11.4. The quantitative estimate of drug-likeness (QED) is 0.838. The Bertz CT molecular complexity index is 543. The van der Waals surface area contributed by atoms with Crippen LogP contribution in [0, 0.1) is 0 Å². The van der Waals surface area contributed by atoms with Crippen LogP contribution in [0.2, 0.25) is 10.0 Å². The molecule has 2 nitrogen and oxygen atoms in total. The molecule has 2 aromatic rings. The number of hydrogen-bond acceptors (Lipinski definition) is 2. The zero-order valence-corrected chi connectivity index (χ0v) is 13.0. The molecule has 0 fully saturated rings. The molecule has 0 saturated carbocycles. The number of pyridine rings is 1. The summed E-state index contributed by atoms with van der Waals surface area (Å²) in [5.41, 5.74) is 2.34. The summed E-state index contributed by atoms with van der Waals surface area (Å²) >= 11 is 12.4. The third-order valence-electron chi connectivity index (χ3n) is 3.28. The smallest absolute Gasteiger partial charge is 0.0640 e. The highest BCUT2D eigenvalue weighted by Crippen LogP contribution is 2.31. The van der Waals surface area contributed by atoms with E-state index in [2.05, 4.69) is 17.2 Å². The molecule has 0 aliphatic rings. The van der Waals surface area contributed by atoms with Crippen molar-refractivity contribution in [2.24, 2.45) is 0 Å². The van der Waals surface area contributed by atoms with Gasteiger partial charge >= 0.3 is 0 Å². The van der Waals surface area contributed by atoms with E-state index in [0.29, 0.717) is 10.0 Å². The van der Waals surface area contributed by atoms with E-state index in [1.807, 2.05) is 42.7 Å². The zero-order chi connectivity index (χ0) is 14.4. The van der Waals surface area contributed by atoms with Crippen molar-refractivity contribution >= 4 is 23.2 Å². The second-order valence-corrected chi connectivity index (χ2v) is 5.43. The van der Waals surface area contributed by atoms with Crippen LogP contribution in [0.15, 0.2) is 42.7 Å². The summed E-state index contributed by atoms with van der Waals surface area (Å²) in [6.07, 6.45) is 5.59. The van der Waals surface area contributed by atoms with Crippen LogP contribution in [-0.2, 0) is 6.42 Å². The second kappa shape index (κ2) is 7.63. The molecule has 1 aromatic heterocycles. The van der Waals surface area contributed by atoms with Crippen LogP contribution >= 0.6 is 23.2 Å². The minimum absolute atomic E-state index is 0.208. The summed E-state index contributed by atoms with van der Waals surface area (Å²) in [4.78, 5) is 4.04. The molecule has 4 heteroatoms. The highest BCUT2D eigenvalue weighted by Gasteiger charge is 2.15. The molecule has 0 spiro atoms. The molecule has 0 aliphatic carbocycles. The first-order valence-corrected chi connectivity index (χ1v) is 7.54. The lowest BCUT2D eigenvalue weighted by atomic mass is 9.99. The van der Waals surface area contributed by atoms with Gasteiger partial charge in [-0.05, 0) is 48.7 Å². The Morgan fingerprint density at radius 3 is 2.60 bits per heavy atom. The summed E-state index contributed by atoms with van der Waals surface area (Å²) in [6, 6.07) is 10.1. The highest BCUT2D eigenvalue weighted by atomic mass is 35.5. The molecule has 2 rings (SSSR count). The summed E-state index contributed by atoms with van der Waals surface area (Å²) in [5.74, 6) is 0. The lowest BCUT2D eigenvalue weighted by molar-refractivity contribution is 0.515. The summed E-state index contributed by atoms with van der Waals surface area (Å²) in [7, 11) is 0. The van der Waals surface area contributed by atoms with Crippen molar-refractivity contribution in [2.75, 3.05) is 6.54 Å². The number of hydrogen-bond donors (Lipinski definition) is 1. The Labute approximate surface area is 130 Å². The van der Waals surface area contributed by atoms with Crippen molar-refractivity contribution in [1.29, 1.82) is 0 Å². The van der Waals surface area contributed by atoms with Crippen LogP contribution < -0.4 is 5.32 Å². The van der Waals surface area contributed by atoms with E-state index in [1.165, 1.54) is 5.56 Å². The van der Waals surface area contributed by atoms with Crippen molar-refractivity contribution in [3.8, 4) is 0 Å². The fraction of sp³-hybridized carbons (Fsp3) is 0.312. The van der Waals surface area contributed by atoms with Crippen LogP contribution in [0.1, 0.15) is 30.5 Å². The third-order valence-corrected chi connectivity index (χ3v) is 4.11. The molecule has 1 heterocycles. The van der Waals surface area contributed by atoms with E-state index in [9.17, 15) is 0 Å². The average Bonchev–Trinajstić information content (AvgIpc) is 2.48. The van der Waals surface area contributed by atoms with Crippen molar-refractivity contribution < 1.29 is 0 Å². The van der Waals surface area contributed by atoms with Gasteiger partial charge in [0.25, 0.3) is 0 Å². The monoisotopic (exact) mass is 308 g/mol. The highest BCUT2D eigenvalue weighted by molar-refractivity contribution is 6.42. The molecular formula is C16H18Cl2N2. The molecule has 0 saturated heterocycles. The Hall–Kier alpha value is -1.09. The molecule has 0 aliphatic heterocycles. The van der Waals surface area contributed by atoms with Gasteiger partial charge in [0, 0.05) is 18.4 Å². The van der Waals surface area contributed by atoms with Crippen LogP contribution in [0.3, 0.4) is 0 Å². The number of aryl methyl sites for hydroxylation is 1. The lowest BCUT2D eigenvalue weighted by Crippen LogP contribution is -2.22. The Morgan fingerprint density at radius 1 is 1.15 bits per heavy atom. The minimum Gasteiger partial charge on any atom is -0.310 e. The first kappa shape index (κ1) is 15.3. The molecule has 1 aromatic carbocycles. The first-order valence-electron chi connectivity index (χ1n) is 6.78.